The number of benzene rings is 1. The number of hydrogen-bond acceptors (Lipinski definition) is 7. The van der Waals surface area contributed by atoms with Gasteiger partial charge in [0.05, 0.1) is 24.8 Å². The van der Waals surface area contributed by atoms with Gasteiger partial charge in [-0.3, -0.25) is 4.79 Å². The van der Waals surface area contributed by atoms with Gasteiger partial charge in [-0.15, -0.1) is 22.7 Å². The predicted octanol–water partition coefficient (Wildman–Crippen LogP) is 5.15. The minimum atomic E-state index is 0.00788. The number of amides is 1. The van der Waals surface area contributed by atoms with Crippen LogP contribution in [0.1, 0.15) is 27.5 Å². The van der Waals surface area contributed by atoms with Crippen LogP contribution in [-0.2, 0) is 0 Å². The minimum absolute atomic E-state index is 0.00788. The van der Waals surface area contributed by atoms with E-state index in [2.05, 4.69) is 9.88 Å². The van der Waals surface area contributed by atoms with Gasteiger partial charge in [-0.05, 0) is 44.0 Å². The molecule has 1 saturated heterocycles. The summed E-state index contributed by atoms with van der Waals surface area (Å²) < 4.78 is 2.21. The highest BCUT2D eigenvalue weighted by molar-refractivity contribution is 7.29. The highest BCUT2D eigenvalue weighted by atomic mass is 32.1. The molecule has 0 spiro atoms. The summed E-state index contributed by atoms with van der Waals surface area (Å²) in [6.45, 7) is 4.19. The average molecular weight is 415 g/mol. The van der Waals surface area contributed by atoms with Crippen molar-refractivity contribution in [1.82, 2.24) is 9.97 Å². The molecule has 0 atom stereocenters. The molecule has 0 saturated carbocycles. The number of aromatic nitrogens is 2. The zero-order valence-electron chi connectivity index (χ0n) is 15.1. The van der Waals surface area contributed by atoms with E-state index in [0.717, 1.165) is 53.5 Å². The van der Waals surface area contributed by atoms with Gasteiger partial charge in [0.2, 0.25) is 0 Å². The number of thiazole rings is 2. The van der Waals surface area contributed by atoms with Gasteiger partial charge >= 0.3 is 0 Å². The van der Waals surface area contributed by atoms with E-state index in [-0.39, 0.29) is 5.91 Å². The van der Waals surface area contributed by atoms with Crippen LogP contribution in [0.2, 0.25) is 0 Å². The molecular formula is C19H18N4OS3. The molecule has 0 bridgehead atoms. The Balaban J connectivity index is 1.42. The monoisotopic (exact) mass is 414 g/mol. The van der Waals surface area contributed by atoms with Gasteiger partial charge in [0.1, 0.15) is 4.83 Å². The van der Waals surface area contributed by atoms with Crippen LogP contribution in [0.25, 0.3) is 19.7 Å². The molecule has 138 valence electrons. The van der Waals surface area contributed by atoms with Crippen LogP contribution in [0, 0.1) is 6.92 Å². The van der Waals surface area contributed by atoms with Crippen molar-refractivity contribution in [2.24, 2.45) is 0 Å². The Morgan fingerprint density at radius 3 is 2.67 bits per heavy atom. The lowest BCUT2D eigenvalue weighted by Gasteiger charge is -2.16. The fourth-order valence-electron chi connectivity index (χ4n) is 3.39. The number of nitrogens with zero attached hydrogens (tertiary/aromatic N) is 4. The second kappa shape index (κ2) is 6.54. The molecule has 5 nitrogen and oxygen atoms in total. The number of fused-ring (bicyclic) bond motifs is 2. The first-order chi connectivity index (χ1) is 13.1. The zero-order valence-corrected chi connectivity index (χ0v) is 17.5. The molecule has 4 heterocycles. The van der Waals surface area contributed by atoms with Crippen molar-refractivity contribution in [3.05, 3.63) is 34.2 Å². The van der Waals surface area contributed by atoms with Gasteiger partial charge in [0.25, 0.3) is 5.91 Å². The van der Waals surface area contributed by atoms with E-state index in [9.17, 15) is 4.79 Å². The lowest BCUT2D eigenvalue weighted by Crippen LogP contribution is -2.25. The van der Waals surface area contributed by atoms with Gasteiger partial charge in [-0.1, -0.05) is 11.3 Å². The van der Waals surface area contributed by atoms with E-state index in [1.807, 2.05) is 38.2 Å². The van der Waals surface area contributed by atoms with Crippen molar-refractivity contribution in [2.45, 2.75) is 19.8 Å². The van der Waals surface area contributed by atoms with E-state index in [0.29, 0.717) is 0 Å². The van der Waals surface area contributed by atoms with E-state index in [4.69, 9.17) is 4.98 Å². The molecule has 0 aliphatic carbocycles. The third kappa shape index (κ3) is 3.01. The van der Waals surface area contributed by atoms with Crippen molar-refractivity contribution in [3.63, 3.8) is 0 Å². The second-order valence-corrected chi connectivity index (χ2v) is 9.99. The number of rotatable bonds is 3. The molecular weight excluding hydrogens is 396 g/mol. The second-order valence-electron chi connectivity index (χ2n) is 6.72. The van der Waals surface area contributed by atoms with Crippen molar-refractivity contribution < 1.29 is 4.79 Å². The highest BCUT2D eigenvalue weighted by Crippen LogP contribution is 2.36. The maximum absolute atomic E-state index is 13.0. The highest BCUT2D eigenvalue weighted by Gasteiger charge is 2.21. The summed E-state index contributed by atoms with van der Waals surface area (Å²) >= 11 is 4.83. The summed E-state index contributed by atoms with van der Waals surface area (Å²) in [7, 11) is 1.83. The summed E-state index contributed by atoms with van der Waals surface area (Å²) in [5.74, 6) is 0.00788. The lowest BCUT2D eigenvalue weighted by molar-refractivity contribution is 0.0997. The molecule has 27 heavy (non-hydrogen) atoms. The first kappa shape index (κ1) is 17.1. The van der Waals surface area contributed by atoms with Gasteiger partial charge in [0.15, 0.2) is 5.13 Å². The molecule has 1 aliphatic heterocycles. The number of carbonyl (C=O) groups is 1. The third-order valence-corrected chi connectivity index (χ3v) is 7.98. The van der Waals surface area contributed by atoms with Crippen LogP contribution >= 0.6 is 34.0 Å². The Hall–Kier alpha value is -2.03. The van der Waals surface area contributed by atoms with Gasteiger partial charge in [0, 0.05) is 25.8 Å². The molecule has 4 aromatic rings. The fourth-order valence-corrected chi connectivity index (χ4v) is 6.49. The molecule has 1 aromatic carbocycles. The quantitative estimate of drug-likeness (QED) is 0.465. The van der Waals surface area contributed by atoms with Crippen LogP contribution in [-0.4, -0.2) is 36.0 Å². The first-order valence-electron chi connectivity index (χ1n) is 8.89. The summed E-state index contributed by atoms with van der Waals surface area (Å²) in [6, 6.07) is 7.97. The summed E-state index contributed by atoms with van der Waals surface area (Å²) in [6.07, 6.45) is 2.48. The minimum Gasteiger partial charge on any atom is -0.348 e. The number of aryl methyl sites for hydroxylation is 1. The van der Waals surface area contributed by atoms with E-state index < -0.39 is 0 Å². The molecule has 1 aliphatic rings. The molecule has 1 fully saturated rings. The zero-order chi connectivity index (χ0) is 18.5. The summed E-state index contributed by atoms with van der Waals surface area (Å²) in [5.41, 5.74) is 1.87. The van der Waals surface area contributed by atoms with E-state index in [1.54, 1.807) is 27.6 Å². The van der Waals surface area contributed by atoms with Crippen LogP contribution < -0.4 is 9.80 Å². The normalized spacial score (nSPS) is 14.5. The standard InChI is InChI=1S/C19H18N4OS3/c1-11-20-13-6-5-12(9-14(13)25-11)22(2)18(24)16-10-15-17(26-16)21-19(27-15)23-7-3-4-8-23/h5-6,9-10H,3-4,7-8H2,1-2H3. The van der Waals surface area contributed by atoms with Crippen molar-refractivity contribution in [3.8, 4) is 0 Å². The summed E-state index contributed by atoms with van der Waals surface area (Å²) in [4.78, 5) is 28.0. The smallest absolute Gasteiger partial charge is 0.268 e. The number of hydrogen-bond donors (Lipinski definition) is 0. The SMILES string of the molecule is Cc1nc2ccc(N(C)C(=O)c3cc4sc(N5CCCC5)nc4s3)cc2s1. The van der Waals surface area contributed by atoms with Crippen LogP contribution in [0.5, 0.6) is 0 Å². The van der Waals surface area contributed by atoms with E-state index in [1.165, 1.54) is 24.2 Å². The fraction of sp³-hybridized carbons (Fsp3) is 0.316. The Kier molecular flexibility index (Phi) is 4.14. The van der Waals surface area contributed by atoms with Crippen molar-refractivity contribution >= 4 is 70.5 Å². The Labute approximate surface area is 168 Å². The van der Waals surface area contributed by atoms with Crippen LogP contribution in [0.15, 0.2) is 24.3 Å². The van der Waals surface area contributed by atoms with Gasteiger partial charge in [-0.25, -0.2) is 9.97 Å². The maximum atomic E-state index is 13.0. The number of carbonyl (C=O) groups excluding carboxylic acids is 1. The largest absolute Gasteiger partial charge is 0.348 e. The predicted molar refractivity (Wildman–Crippen MR) is 116 cm³/mol. The number of thiophene rings is 1. The van der Waals surface area contributed by atoms with Gasteiger partial charge in [-0.2, -0.15) is 0 Å². The molecule has 0 radical (unpaired) electrons. The van der Waals surface area contributed by atoms with Crippen molar-refractivity contribution in [2.75, 3.05) is 29.9 Å². The number of anilines is 2. The molecule has 5 rings (SSSR count). The molecule has 0 N–H and O–H groups in total. The lowest BCUT2D eigenvalue weighted by atomic mass is 10.2. The van der Waals surface area contributed by atoms with Gasteiger partial charge < -0.3 is 9.80 Å². The Bertz CT molecular complexity index is 1120. The molecule has 1 amide bonds. The Morgan fingerprint density at radius 1 is 1.07 bits per heavy atom. The van der Waals surface area contributed by atoms with Crippen LogP contribution in [0.4, 0.5) is 10.8 Å². The van der Waals surface area contributed by atoms with E-state index >= 15 is 0 Å². The average Bonchev–Trinajstić information content (AvgIpc) is 3.40. The third-order valence-electron chi connectivity index (χ3n) is 4.84. The Morgan fingerprint density at radius 2 is 1.89 bits per heavy atom. The molecule has 8 heteroatoms. The summed E-state index contributed by atoms with van der Waals surface area (Å²) in [5, 5.41) is 2.13. The molecule has 3 aromatic heterocycles. The molecule has 0 unspecified atom stereocenters. The van der Waals surface area contributed by atoms with Crippen LogP contribution in [0.3, 0.4) is 0 Å². The maximum Gasteiger partial charge on any atom is 0.268 e. The topological polar surface area (TPSA) is 49.3 Å². The first-order valence-corrected chi connectivity index (χ1v) is 11.3. The van der Waals surface area contributed by atoms with Crippen molar-refractivity contribution in [1.29, 1.82) is 0 Å².